The fraction of sp³-hybridized carbons (Fsp3) is 0.667. The molecule has 0 saturated carbocycles. The first-order chi connectivity index (χ1) is 3.46. The van der Waals surface area contributed by atoms with Crippen molar-refractivity contribution in [1.29, 1.82) is 0 Å². The van der Waals surface area contributed by atoms with Gasteiger partial charge in [-0.25, -0.2) is 4.58 Å². The van der Waals surface area contributed by atoms with Crippen LogP contribution >= 0.6 is 0 Å². The van der Waals surface area contributed by atoms with Gasteiger partial charge in [-0.1, -0.05) is 0 Å². The molecule has 0 atom stereocenters. The molecule has 0 aliphatic heterocycles. The third-order valence-corrected chi connectivity index (χ3v) is 0. The molecule has 0 spiro atoms. The Balaban J connectivity index is 0. The van der Waals surface area contributed by atoms with Crippen LogP contribution in [0.4, 0.5) is 0 Å². The maximum absolute atomic E-state index is 8.57. The van der Waals surface area contributed by atoms with Crippen LogP contribution in [0.25, 0.3) is 0 Å². The van der Waals surface area contributed by atoms with Crippen LogP contribution in [0.1, 0.15) is 0 Å². The van der Waals surface area contributed by atoms with E-state index in [1.807, 2.05) is 14.1 Å². The molecule has 0 N–H and O–H groups in total. The predicted molar refractivity (Wildman–Crippen MR) is 19.2 cm³/mol. The maximum atomic E-state index is 8.57. The Bertz CT molecular complexity index is 58.8. The minimum Gasteiger partial charge on any atom is -0.427 e. The summed E-state index contributed by atoms with van der Waals surface area (Å²) in [5.41, 5.74) is 0. The molecule has 0 aromatic heterocycles. The van der Waals surface area contributed by atoms with Crippen molar-refractivity contribution >= 4 is 6.72 Å². The number of hydrogen-bond acceptors (Lipinski definition) is 3. The van der Waals surface area contributed by atoms with E-state index in [-0.39, 0.29) is 0 Å². The summed E-state index contributed by atoms with van der Waals surface area (Å²) in [6.07, 6.45) is 0. The number of rotatable bonds is 0. The number of hydrogen-bond donors (Lipinski definition) is 0. The molecule has 4 nitrogen and oxygen atoms in total. The zero-order valence-electron chi connectivity index (χ0n) is 4.76. The van der Waals surface area contributed by atoms with Crippen LogP contribution in [0.3, 0.4) is 0 Å². The molecule has 0 radical (unpaired) electrons. The molecule has 0 aromatic carbocycles. The van der Waals surface area contributed by atoms with Crippen LogP contribution in [0.2, 0.25) is 0 Å². The molecule has 0 bridgehead atoms. The van der Waals surface area contributed by atoms with Crippen molar-refractivity contribution in [3.8, 4) is 0 Å². The van der Waals surface area contributed by atoms with Gasteiger partial charge in [-0.3, -0.25) is 0 Å². The van der Waals surface area contributed by atoms with Crippen LogP contribution < -0.4 is 31.4 Å². The van der Waals surface area contributed by atoms with E-state index in [1.54, 1.807) is 4.58 Å². The van der Waals surface area contributed by atoms with E-state index in [4.69, 9.17) is 10.3 Å². The Hall–Kier alpha value is 0.280. The summed E-state index contributed by atoms with van der Waals surface area (Å²) in [4.78, 5) is 0. The van der Waals surface area contributed by atoms with Gasteiger partial charge in [0.2, 0.25) is 0 Å². The topological polar surface area (TPSA) is 72.2 Å². The second-order valence-electron chi connectivity index (χ2n) is 1.27. The van der Waals surface area contributed by atoms with Crippen LogP contribution in [-0.2, 0) is 0 Å². The van der Waals surface area contributed by atoms with Gasteiger partial charge in [0.05, 0.1) is 0 Å². The van der Waals surface area contributed by atoms with Gasteiger partial charge in [0.25, 0.3) is 21.1 Å². The van der Waals surface area contributed by atoms with Crippen molar-refractivity contribution in [1.82, 2.24) is 0 Å². The molecule has 5 heteroatoms. The lowest BCUT2D eigenvalue weighted by molar-refractivity contribution is -1.73. The van der Waals surface area contributed by atoms with Gasteiger partial charge < -0.3 is 10.3 Å². The van der Waals surface area contributed by atoms with E-state index in [0.29, 0.717) is 0 Å². The maximum Gasteiger partial charge on any atom is 0.282 e. The van der Waals surface area contributed by atoms with Crippen molar-refractivity contribution in [3.63, 3.8) is 0 Å². The van der Waals surface area contributed by atoms with Crippen molar-refractivity contribution < 1.29 is 35.9 Å². The lowest BCUT2D eigenvalue weighted by atomic mass is 11.1. The molecule has 0 aliphatic carbocycles. The van der Waals surface area contributed by atoms with Crippen molar-refractivity contribution in [2.45, 2.75) is 0 Å². The Kier molecular flexibility index (Phi) is 10.1. The summed E-state index contributed by atoms with van der Waals surface area (Å²) in [7, 11) is 3.78. The molecule has 0 amide bonds. The SMILES string of the molecule is C=[N+](C)C.[O-][I+2]([O-])[O-]. The summed E-state index contributed by atoms with van der Waals surface area (Å²) >= 11 is -4.01. The van der Waals surface area contributed by atoms with Crippen LogP contribution in [0.15, 0.2) is 0 Å². The summed E-state index contributed by atoms with van der Waals surface area (Å²) < 4.78 is 27.5. The Morgan fingerprint density at radius 2 is 1.25 bits per heavy atom. The molecule has 8 heavy (non-hydrogen) atoms. The third-order valence-electron chi connectivity index (χ3n) is 0. The molecule has 0 aromatic rings. The summed E-state index contributed by atoms with van der Waals surface area (Å²) in [5.74, 6) is 0. The lowest BCUT2D eigenvalue weighted by Gasteiger charge is -1.84. The highest BCUT2D eigenvalue weighted by Gasteiger charge is 1.70. The molecular weight excluding hydrogens is 225 g/mol. The Labute approximate surface area is 57.1 Å². The number of halogens is 1. The minimum atomic E-state index is -4.01. The Morgan fingerprint density at radius 1 is 1.25 bits per heavy atom. The van der Waals surface area contributed by atoms with Gasteiger partial charge in [-0.2, -0.15) is 0 Å². The molecule has 0 saturated heterocycles. The normalized spacial score (nSPS) is 7.75. The van der Waals surface area contributed by atoms with E-state index >= 15 is 0 Å². The van der Waals surface area contributed by atoms with Crippen LogP contribution in [0, 0.1) is 0 Å². The predicted octanol–water partition coefficient (Wildman–Crippen LogP) is -6.60. The van der Waals surface area contributed by atoms with Gasteiger partial charge in [0.15, 0.2) is 0 Å². The summed E-state index contributed by atoms with van der Waals surface area (Å²) in [5, 5.41) is 0. The largest absolute Gasteiger partial charge is 0.427 e. The smallest absolute Gasteiger partial charge is 0.282 e. The summed E-state index contributed by atoms with van der Waals surface area (Å²) in [6.45, 7) is 3.47. The summed E-state index contributed by atoms with van der Waals surface area (Å²) in [6, 6.07) is 0. The van der Waals surface area contributed by atoms with Gasteiger partial charge in [-0.05, 0) is 0 Å². The fourth-order valence-electron chi connectivity index (χ4n) is 0. The molecule has 50 valence electrons. The molecular formula is C3H8INO3. The van der Waals surface area contributed by atoms with Crippen LogP contribution in [-0.4, -0.2) is 25.4 Å². The molecule has 0 fully saturated rings. The first kappa shape index (κ1) is 11.1. The average molecular weight is 233 g/mol. The Morgan fingerprint density at radius 3 is 1.25 bits per heavy atom. The van der Waals surface area contributed by atoms with Crippen LogP contribution in [0.5, 0.6) is 0 Å². The van der Waals surface area contributed by atoms with E-state index in [1.165, 1.54) is 0 Å². The van der Waals surface area contributed by atoms with Gasteiger partial charge >= 0.3 is 0 Å². The molecule has 0 unspecified atom stereocenters. The second kappa shape index (κ2) is 7.28. The average Bonchev–Trinajstić information content (AvgIpc) is 1.25. The monoisotopic (exact) mass is 233 g/mol. The lowest BCUT2D eigenvalue weighted by Crippen LogP contribution is -4.05. The fourth-order valence-corrected chi connectivity index (χ4v) is 0. The molecule has 0 rings (SSSR count). The quantitative estimate of drug-likeness (QED) is 0.237. The van der Waals surface area contributed by atoms with Gasteiger partial charge in [-0.15, -0.1) is 0 Å². The molecule has 0 heterocycles. The van der Waals surface area contributed by atoms with Crippen molar-refractivity contribution in [3.05, 3.63) is 0 Å². The van der Waals surface area contributed by atoms with Gasteiger partial charge in [0.1, 0.15) is 20.8 Å². The minimum absolute atomic E-state index is 1.75. The van der Waals surface area contributed by atoms with Crippen molar-refractivity contribution in [2.24, 2.45) is 0 Å². The zero-order chi connectivity index (χ0) is 7.15. The standard InChI is InChI=1S/C3H8N.IO3/c1-4(2)3;2-1(3)4/h1H2,2-3H3;/q+1;-1. The van der Waals surface area contributed by atoms with Gasteiger partial charge in [0, 0.05) is 0 Å². The van der Waals surface area contributed by atoms with E-state index in [9.17, 15) is 0 Å². The van der Waals surface area contributed by atoms with E-state index in [0.717, 1.165) is 0 Å². The highest BCUT2D eigenvalue weighted by atomic mass is 127. The highest BCUT2D eigenvalue weighted by Crippen LogP contribution is 1.30. The zero-order valence-corrected chi connectivity index (χ0v) is 6.91. The van der Waals surface area contributed by atoms with E-state index < -0.39 is 21.1 Å². The first-order valence-corrected chi connectivity index (χ1v) is 4.32. The highest BCUT2D eigenvalue weighted by molar-refractivity contribution is 5.13. The first-order valence-electron chi connectivity index (χ1n) is 1.67. The molecule has 0 aliphatic rings. The third kappa shape index (κ3) is 2230. The second-order valence-corrected chi connectivity index (χ2v) is 2.35. The van der Waals surface area contributed by atoms with E-state index in [2.05, 4.69) is 6.72 Å². The number of nitrogens with zero attached hydrogens (tertiary/aromatic N) is 1. The van der Waals surface area contributed by atoms with Crippen molar-refractivity contribution in [2.75, 3.05) is 14.1 Å².